The SMILES string of the molecule is O=C(O)C1c2c(Br)cnn2CCN1C(=O)C(F)(F)F. The summed E-state index contributed by atoms with van der Waals surface area (Å²) >= 11 is 3.02. The molecule has 0 aromatic carbocycles. The highest BCUT2D eigenvalue weighted by Gasteiger charge is 2.49. The summed E-state index contributed by atoms with van der Waals surface area (Å²) in [6.45, 7) is -0.358. The molecule has 0 saturated carbocycles. The molecule has 1 aromatic rings. The van der Waals surface area contributed by atoms with Gasteiger partial charge in [0.2, 0.25) is 0 Å². The average molecular weight is 342 g/mol. The average Bonchev–Trinajstić information content (AvgIpc) is 2.68. The van der Waals surface area contributed by atoms with Gasteiger partial charge in [-0.25, -0.2) is 4.79 Å². The van der Waals surface area contributed by atoms with Crippen LogP contribution in [0.3, 0.4) is 0 Å². The van der Waals surface area contributed by atoms with E-state index in [1.807, 2.05) is 0 Å². The summed E-state index contributed by atoms with van der Waals surface area (Å²) in [4.78, 5) is 22.8. The number of amides is 1. The Morgan fingerprint density at radius 1 is 1.42 bits per heavy atom. The number of hydrogen-bond donors (Lipinski definition) is 1. The largest absolute Gasteiger partial charge is 0.479 e. The Bertz CT molecular complexity index is 543. The molecule has 1 atom stereocenters. The van der Waals surface area contributed by atoms with Crippen LogP contribution >= 0.6 is 15.9 Å². The Kier molecular flexibility index (Phi) is 3.29. The maximum atomic E-state index is 12.5. The lowest BCUT2D eigenvalue weighted by Gasteiger charge is -2.34. The van der Waals surface area contributed by atoms with Crippen LogP contribution in [-0.4, -0.2) is 44.4 Å². The molecular formula is C9H7BrF3N3O3. The molecule has 1 amide bonds. The van der Waals surface area contributed by atoms with Crippen LogP contribution in [0.2, 0.25) is 0 Å². The smallest absolute Gasteiger partial charge is 0.471 e. The highest BCUT2D eigenvalue weighted by atomic mass is 79.9. The number of carboxylic acids is 1. The summed E-state index contributed by atoms with van der Waals surface area (Å²) in [6.07, 6.45) is -3.82. The molecule has 2 heterocycles. The molecule has 1 aliphatic rings. The maximum Gasteiger partial charge on any atom is 0.471 e. The molecule has 1 unspecified atom stereocenters. The van der Waals surface area contributed by atoms with Crippen molar-refractivity contribution >= 4 is 27.8 Å². The third-order valence-electron chi connectivity index (χ3n) is 2.69. The van der Waals surface area contributed by atoms with Crippen LogP contribution < -0.4 is 0 Å². The van der Waals surface area contributed by atoms with Crippen molar-refractivity contribution in [3.8, 4) is 0 Å². The molecule has 19 heavy (non-hydrogen) atoms. The van der Waals surface area contributed by atoms with E-state index in [2.05, 4.69) is 21.0 Å². The summed E-state index contributed by atoms with van der Waals surface area (Å²) in [7, 11) is 0. The number of alkyl halides is 3. The second-order valence-electron chi connectivity index (χ2n) is 3.84. The first kappa shape index (κ1) is 13.8. The number of carbonyl (C=O) groups excluding carboxylic acids is 1. The molecule has 1 aromatic heterocycles. The van der Waals surface area contributed by atoms with Gasteiger partial charge in [-0.15, -0.1) is 0 Å². The fraction of sp³-hybridized carbons (Fsp3) is 0.444. The summed E-state index contributed by atoms with van der Waals surface area (Å²) in [5.41, 5.74) is 0.0244. The minimum absolute atomic E-state index is 0.00648. The number of halogens is 4. The third-order valence-corrected chi connectivity index (χ3v) is 3.30. The van der Waals surface area contributed by atoms with Crippen molar-refractivity contribution in [3.63, 3.8) is 0 Å². The van der Waals surface area contributed by atoms with Crippen molar-refractivity contribution in [2.24, 2.45) is 0 Å². The van der Waals surface area contributed by atoms with Crippen LogP contribution in [0.5, 0.6) is 0 Å². The van der Waals surface area contributed by atoms with E-state index in [1.165, 1.54) is 10.9 Å². The minimum atomic E-state index is -5.11. The number of nitrogens with zero attached hydrogens (tertiary/aromatic N) is 3. The zero-order chi connectivity index (χ0) is 14.4. The normalized spacial score (nSPS) is 19.2. The van der Waals surface area contributed by atoms with Gasteiger partial charge in [-0.05, 0) is 15.9 Å². The van der Waals surface area contributed by atoms with E-state index < -0.39 is 24.1 Å². The predicted molar refractivity (Wildman–Crippen MR) is 58.1 cm³/mol. The van der Waals surface area contributed by atoms with E-state index >= 15 is 0 Å². The Hall–Kier alpha value is -1.58. The minimum Gasteiger partial charge on any atom is -0.479 e. The lowest BCUT2D eigenvalue weighted by molar-refractivity contribution is -0.191. The molecule has 0 aliphatic carbocycles. The van der Waals surface area contributed by atoms with Gasteiger partial charge in [0.1, 0.15) is 0 Å². The van der Waals surface area contributed by atoms with Gasteiger partial charge in [-0.3, -0.25) is 9.48 Å². The lowest BCUT2D eigenvalue weighted by atomic mass is 10.1. The molecule has 0 fully saturated rings. The van der Waals surface area contributed by atoms with Gasteiger partial charge >= 0.3 is 18.1 Å². The van der Waals surface area contributed by atoms with Gasteiger partial charge in [-0.1, -0.05) is 0 Å². The Morgan fingerprint density at radius 3 is 2.58 bits per heavy atom. The van der Waals surface area contributed by atoms with E-state index in [1.54, 1.807) is 0 Å². The lowest BCUT2D eigenvalue weighted by Crippen LogP contribution is -2.50. The standard InChI is InChI=1S/C9H7BrF3N3O3/c10-4-3-14-16-2-1-15(8(19)9(11,12)13)6(5(4)16)7(17)18/h3,6H,1-2H2,(H,17,18). The number of aliphatic carboxylic acids is 1. The second-order valence-corrected chi connectivity index (χ2v) is 4.69. The molecular weight excluding hydrogens is 335 g/mol. The predicted octanol–water partition coefficient (Wildman–Crippen LogP) is 1.18. The zero-order valence-electron chi connectivity index (χ0n) is 9.19. The number of hydrogen-bond acceptors (Lipinski definition) is 3. The molecule has 1 N–H and O–H groups in total. The molecule has 6 nitrogen and oxygen atoms in total. The van der Waals surface area contributed by atoms with Gasteiger partial charge < -0.3 is 10.0 Å². The fourth-order valence-electron chi connectivity index (χ4n) is 1.93. The van der Waals surface area contributed by atoms with E-state index in [9.17, 15) is 22.8 Å². The monoisotopic (exact) mass is 341 g/mol. The van der Waals surface area contributed by atoms with Gasteiger partial charge in [-0.2, -0.15) is 18.3 Å². The fourth-order valence-corrected chi connectivity index (χ4v) is 2.45. The van der Waals surface area contributed by atoms with Crippen LogP contribution in [0.15, 0.2) is 10.7 Å². The van der Waals surface area contributed by atoms with Gasteiger partial charge in [0.05, 0.1) is 22.9 Å². The Labute approximate surface area is 112 Å². The summed E-state index contributed by atoms with van der Waals surface area (Å²) in [5.74, 6) is -3.71. The van der Waals surface area contributed by atoms with Crippen molar-refractivity contribution in [2.75, 3.05) is 6.54 Å². The first-order valence-electron chi connectivity index (χ1n) is 5.05. The number of carboxylic acid groups (broad SMARTS) is 1. The molecule has 0 saturated heterocycles. The van der Waals surface area contributed by atoms with E-state index in [0.29, 0.717) is 4.90 Å². The van der Waals surface area contributed by atoms with Crippen molar-refractivity contribution in [3.05, 3.63) is 16.4 Å². The van der Waals surface area contributed by atoms with E-state index in [4.69, 9.17) is 5.11 Å². The molecule has 0 spiro atoms. The van der Waals surface area contributed by atoms with Crippen LogP contribution in [0.4, 0.5) is 13.2 Å². The van der Waals surface area contributed by atoms with Gasteiger partial charge in [0, 0.05) is 6.54 Å². The summed E-state index contributed by atoms with van der Waals surface area (Å²) in [6, 6.07) is -1.71. The van der Waals surface area contributed by atoms with Crippen molar-refractivity contribution < 1.29 is 27.9 Å². The molecule has 10 heteroatoms. The number of rotatable bonds is 1. The Morgan fingerprint density at radius 2 is 2.05 bits per heavy atom. The molecule has 104 valence electrons. The van der Waals surface area contributed by atoms with Gasteiger partial charge in [0.15, 0.2) is 6.04 Å². The first-order valence-corrected chi connectivity index (χ1v) is 5.84. The van der Waals surface area contributed by atoms with Crippen LogP contribution in [0, 0.1) is 0 Å². The maximum absolute atomic E-state index is 12.5. The molecule has 1 aliphatic heterocycles. The zero-order valence-corrected chi connectivity index (χ0v) is 10.8. The van der Waals surface area contributed by atoms with Crippen LogP contribution in [0.1, 0.15) is 11.7 Å². The van der Waals surface area contributed by atoms with Crippen LogP contribution in [-0.2, 0) is 16.1 Å². The van der Waals surface area contributed by atoms with Crippen molar-refractivity contribution in [1.29, 1.82) is 0 Å². The summed E-state index contributed by atoms with van der Waals surface area (Å²) in [5, 5.41) is 12.9. The van der Waals surface area contributed by atoms with E-state index in [-0.39, 0.29) is 23.3 Å². The second kappa shape index (κ2) is 4.51. The van der Waals surface area contributed by atoms with Crippen molar-refractivity contribution in [2.45, 2.75) is 18.8 Å². The topological polar surface area (TPSA) is 75.4 Å². The Balaban J connectivity index is 2.46. The highest BCUT2D eigenvalue weighted by molar-refractivity contribution is 9.10. The third kappa shape index (κ3) is 2.31. The number of fused-ring (bicyclic) bond motifs is 1. The van der Waals surface area contributed by atoms with Gasteiger partial charge in [0.25, 0.3) is 0 Å². The highest BCUT2D eigenvalue weighted by Crippen LogP contribution is 2.34. The molecule has 2 rings (SSSR count). The van der Waals surface area contributed by atoms with E-state index in [0.717, 1.165) is 0 Å². The summed E-state index contributed by atoms with van der Waals surface area (Å²) < 4.78 is 38.9. The number of aromatic nitrogens is 2. The molecule has 0 radical (unpaired) electrons. The number of carbonyl (C=O) groups is 2. The van der Waals surface area contributed by atoms with Crippen LogP contribution in [0.25, 0.3) is 0 Å². The van der Waals surface area contributed by atoms with Crippen molar-refractivity contribution in [1.82, 2.24) is 14.7 Å². The quantitative estimate of drug-likeness (QED) is 0.832. The first-order chi connectivity index (χ1) is 8.73. The molecule has 0 bridgehead atoms.